The number of aromatic nitrogens is 2. The monoisotopic (exact) mass is 288 g/mol. The highest BCUT2D eigenvalue weighted by molar-refractivity contribution is 5.86. The zero-order valence-electron chi connectivity index (χ0n) is 10.6. The van der Waals surface area contributed by atoms with Crippen molar-refractivity contribution in [3.63, 3.8) is 0 Å². The molecule has 0 aliphatic carbocycles. The van der Waals surface area contributed by atoms with Gasteiger partial charge in [0.15, 0.2) is 5.69 Å². The summed E-state index contributed by atoms with van der Waals surface area (Å²) >= 11 is 0. The maximum atomic E-state index is 12.8. The van der Waals surface area contributed by atoms with Crippen molar-refractivity contribution in [1.29, 1.82) is 0 Å². The predicted molar refractivity (Wildman–Crippen MR) is 62.6 cm³/mol. The summed E-state index contributed by atoms with van der Waals surface area (Å²) in [5, 5.41) is 8.87. The van der Waals surface area contributed by atoms with E-state index in [0.29, 0.717) is 0 Å². The van der Waals surface area contributed by atoms with Crippen LogP contribution >= 0.6 is 0 Å². The molecule has 20 heavy (non-hydrogen) atoms. The lowest BCUT2D eigenvalue weighted by Gasteiger charge is -2.14. The topological polar surface area (TPSA) is 63.8 Å². The SMILES string of the molecule is COC(C)c1cc(C(F)(F)F)cn2cc(C(=O)O)nc12. The van der Waals surface area contributed by atoms with Crippen LogP contribution in [0, 0.1) is 0 Å². The van der Waals surface area contributed by atoms with Crippen molar-refractivity contribution in [2.24, 2.45) is 0 Å². The van der Waals surface area contributed by atoms with Crippen LogP contribution in [0.4, 0.5) is 13.2 Å². The fourth-order valence-electron chi connectivity index (χ4n) is 1.81. The standard InChI is InChI=1S/C12H11F3N2O3/c1-6(20-2)8-3-7(12(13,14)15)4-17-5-9(11(18)19)16-10(8)17/h3-6H,1-2H3,(H,18,19). The molecule has 1 unspecified atom stereocenters. The summed E-state index contributed by atoms with van der Waals surface area (Å²) in [4.78, 5) is 14.7. The molecule has 0 aliphatic heterocycles. The minimum atomic E-state index is -4.54. The van der Waals surface area contributed by atoms with Gasteiger partial charge in [-0.25, -0.2) is 9.78 Å². The minimum absolute atomic E-state index is 0.129. The van der Waals surface area contributed by atoms with Crippen LogP contribution in [-0.2, 0) is 10.9 Å². The number of carboxylic acids is 1. The molecule has 0 aliphatic rings. The molecule has 2 aromatic heterocycles. The van der Waals surface area contributed by atoms with Crippen molar-refractivity contribution >= 4 is 11.6 Å². The van der Waals surface area contributed by atoms with Crippen LogP contribution in [0.3, 0.4) is 0 Å². The maximum absolute atomic E-state index is 12.8. The van der Waals surface area contributed by atoms with Crippen molar-refractivity contribution < 1.29 is 27.8 Å². The maximum Gasteiger partial charge on any atom is 0.417 e. The van der Waals surface area contributed by atoms with Crippen LogP contribution in [0.1, 0.15) is 34.6 Å². The lowest BCUT2D eigenvalue weighted by atomic mass is 10.1. The molecule has 0 saturated carbocycles. The van der Waals surface area contributed by atoms with Crippen LogP contribution in [0.2, 0.25) is 0 Å². The summed E-state index contributed by atoms with van der Waals surface area (Å²) in [5.74, 6) is -1.31. The van der Waals surface area contributed by atoms with E-state index in [1.807, 2.05) is 0 Å². The third-order valence-electron chi connectivity index (χ3n) is 2.92. The number of nitrogens with zero attached hydrogens (tertiary/aromatic N) is 2. The van der Waals surface area contributed by atoms with Crippen LogP contribution in [0.15, 0.2) is 18.5 Å². The largest absolute Gasteiger partial charge is 0.476 e. The van der Waals surface area contributed by atoms with Gasteiger partial charge in [-0.1, -0.05) is 0 Å². The first kappa shape index (κ1) is 14.3. The Morgan fingerprint density at radius 2 is 2.10 bits per heavy atom. The number of hydrogen-bond acceptors (Lipinski definition) is 3. The Balaban J connectivity index is 2.74. The second-order valence-electron chi connectivity index (χ2n) is 4.22. The Bertz CT molecular complexity index is 664. The fraction of sp³-hybridized carbons (Fsp3) is 0.333. The molecule has 2 rings (SSSR count). The number of pyridine rings is 1. The highest BCUT2D eigenvalue weighted by atomic mass is 19.4. The van der Waals surface area contributed by atoms with Gasteiger partial charge in [0.25, 0.3) is 0 Å². The van der Waals surface area contributed by atoms with Crippen LogP contribution in [0.25, 0.3) is 5.65 Å². The first-order valence-electron chi connectivity index (χ1n) is 5.60. The Morgan fingerprint density at radius 1 is 1.45 bits per heavy atom. The van der Waals surface area contributed by atoms with Gasteiger partial charge in [0.05, 0.1) is 11.7 Å². The third-order valence-corrected chi connectivity index (χ3v) is 2.92. The number of carboxylic acid groups (broad SMARTS) is 1. The number of aromatic carboxylic acids is 1. The van der Waals surface area contributed by atoms with Gasteiger partial charge < -0.3 is 14.2 Å². The van der Waals surface area contributed by atoms with E-state index in [2.05, 4.69) is 4.98 Å². The summed E-state index contributed by atoms with van der Waals surface area (Å²) < 4.78 is 44.6. The average molecular weight is 288 g/mol. The van der Waals surface area contributed by atoms with Crippen molar-refractivity contribution in [2.75, 3.05) is 7.11 Å². The second-order valence-corrected chi connectivity index (χ2v) is 4.22. The molecule has 0 bridgehead atoms. The third kappa shape index (κ3) is 2.46. The average Bonchev–Trinajstić information content (AvgIpc) is 2.79. The van der Waals surface area contributed by atoms with E-state index < -0.39 is 23.8 Å². The number of ether oxygens (including phenoxy) is 1. The minimum Gasteiger partial charge on any atom is -0.476 e. The van der Waals surface area contributed by atoms with Crippen molar-refractivity contribution in [2.45, 2.75) is 19.2 Å². The highest BCUT2D eigenvalue weighted by Crippen LogP contribution is 2.33. The molecule has 0 spiro atoms. The molecule has 0 fully saturated rings. The van der Waals surface area contributed by atoms with E-state index >= 15 is 0 Å². The number of fused-ring (bicyclic) bond motifs is 1. The number of alkyl halides is 3. The molecule has 8 heteroatoms. The number of rotatable bonds is 3. The van der Waals surface area contributed by atoms with Crippen molar-refractivity contribution in [3.05, 3.63) is 35.3 Å². The second kappa shape index (κ2) is 4.78. The molecular formula is C12H11F3N2O3. The number of carbonyl (C=O) groups is 1. The molecule has 5 nitrogen and oxygen atoms in total. The lowest BCUT2D eigenvalue weighted by Crippen LogP contribution is -2.09. The van der Waals surface area contributed by atoms with Crippen molar-refractivity contribution in [3.8, 4) is 0 Å². The predicted octanol–water partition coefficient (Wildman–Crippen LogP) is 2.76. The summed E-state index contributed by atoms with van der Waals surface area (Å²) in [6, 6.07) is 0.919. The Hall–Kier alpha value is -2.09. The molecule has 108 valence electrons. The van der Waals surface area contributed by atoms with Gasteiger partial charge in [0.2, 0.25) is 0 Å². The van der Waals surface area contributed by atoms with Gasteiger partial charge in [0, 0.05) is 25.1 Å². The Morgan fingerprint density at radius 3 is 2.60 bits per heavy atom. The van der Waals surface area contributed by atoms with Crippen molar-refractivity contribution in [1.82, 2.24) is 9.38 Å². The molecule has 0 radical (unpaired) electrons. The molecule has 0 aromatic carbocycles. The summed E-state index contributed by atoms with van der Waals surface area (Å²) in [6.45, 7) is 1.56. The highest BCUT2D eigenvalue weighted by Gasteiger charge is 2.32. The number of methoxy groups -OCH3 is 1. The quantitative estimate of drug-likeness (QED) is 0.943. The van der Waals surface area contributed by atoms with Gasteiger partial charge in [-0.2, -0.15) is 13.2 Å². The van der Waals surface area contributed by atoms with Gasteiger partial charge >= 0.3 is 12.1 Å². The zero-order valence-corrected chi connectivity index (χ0v) is 10.6. The molecule has 0 amide bonds. The fourth-order valence-corrected chi connectivity index (χ4v) is 1.81. The molecule has 0 saturated heterocycles. The van der Waals surface area contributed by atoms with Crippen LogP contribution in [0.5, 0.6) is 0 Å². The first-order valence-corrected chi connectivity index (χ1v) is 5.60. The van der Waals surface area contributed by atoms with E-state index in [4.69, 9.17) is 9.84 Å². The molecule has 1 N–H and O–H groups in total. The van der Waals surface area contributed by atoms with E-state index in [-0.39, 0.29) is 16.9 Å². The van der Waals surface area contributed by atoms with Gasteiger partial charge in [-0.15, -0.1) is 0 Å². The number of imidazole rings is 1. The zero-order chi connectivity index (χ0) is 15.1. The van der Waals surface area contributed by atoms with E-state index in [1.54, 1.807) is 6.92 Å². The van der Waals surface area contributed by atoms with Crippen LogP contribution in [-0.4, -0.2) is 27.6 Å². The molecular weight excluding hydrogens is 277 g/mol. The van der Waals surface area contributed by atoms with Crippen LogP contribution < -0.4 is 0 Å². The summed E-state index contributed by atoms with van der Waals surface area (Å²) in [7, 11) is 1.35. The summed E-state index contributed by atoms with van der Waals surface area (Å²) in [5.41, 5.74) is -0.910. The smallest absolute Gasteiger partial charge is 0.417 e. The van der Waals surface area contributed by atoms with E-state index in [9.17, 15) is 18.0 Å². The molecule has 2 heterocycles. The lowest BCUT2D eigenvalue weighted by molar-refractivity contribution is -0.138. The molecule has 2 aromatic rings. The summed E-state index contributed by atoms with van der Waals surface area (Å²) in [6.07, 6.45) is -3.34. The Kier molecular flexibility index (Phi) is 3.43. The number of hydrogen-bond donors (Lipinski definition) is 1. The van der Waals surface area contributed by atoms with Gasteiger partial charge in [0.1, 0.15) is 5.65 Å². The van der Waals surface area contributed by atoms with Gasteiger partial charge in [-0.3, -0.25) is 0 Å². The Labute approximate surface area is 111 Å². The van der Waals surface area contributed by atoms with E-state index in [1.165, 1.54) is 7.11 Å². The van der Waals surface area contributed by atoms with Gasteiger partial charge in [-0.05, 0) is 13.0 Å². The first-order chi connectivity index (χ1) is 9.24. The number of halogens is 3. The normalized spacial score (nSPS) is 13.7. The van der Waals surface area contributed by atoms with E-state index in [0.717, 1.165) is 22.9 Å². The molecule has 1 atom stereocenters.